The zero-order chi connectivity index (χ0) is 15.2. The maximum absolute atomic E-state index is 5.87. The molecule has 1 rings (SSSR count). The van der Waals surface area contributed by atoms with E-state index in [2.05, 4.69) is 39.5 Å². The lowest BCUT2D eigenvalue weighted by atomic mass is 9.96. The molecule has 0 heterocycles. The smallest absolute Gasteiger partial charge is 0.0406 e. The van der Waals surface area contributed by atoms with Gasteiger partial charge in [-0.15, -0.1) is 39.5 Å². The van der Waals surface area contributed by atoms with Gasteiger partial charge in [-0.25, -0.2) is 0 Å². The second-order valence-electron chi connectivity index (χ2n) is 3.79. The van der Waals surface area contributed by atoms with Gasteiger partial charge in [0.2, 0.25) is 0 Å². The predicted octanol–water partition coefficient (Wildman–Crippen LogP) is 5.03. The standard InChI is InChI=1S/C10H14ClN.3C2H4/c1-10(2,12)7-8-3-5-9(11)6-4-8;3*1-2/h3-6H,7,12H2,1-2H3;3*1-2H2. The van der Waals surface area contributed by atoms with Crippen molar-refractivity contribution in [1.29, 1.82) is 0 Å². The van der Waals surface area contributed by atoms with Crippen molar-refractivity contribution in [2.75, 3.05) is 0 Å². The van der Waals surface area contributed by atoms with Crippen molar-refractivity contribution < 1.29 is 0 Å². The molecule has 1 aromatic carbocycles. The summed E-state index contributed by atoms with van der Waals surface area (Å²) in [7, 11) is 0. The summed E-state index contributed by atoms with van der Waals surface area (Å²) in [5.74, 6) is 0. The molecule has 2 N–H and O–H groups in total. The first-order valence-electron chi connectivity index (χ1n) is 5.51. The van der Waals surface area contributed by atoms with Gasteiger partial charge in [-0.05, 0) is 38.0 Å². The fourth-order valence-corrected chi connectivity index (χ4v) is 1.25. The van der Waals surface area contributed by atoms with Crippen LogP contribution in [0.2, 0.25) is 5.02 Å². The summed E-state index contributed by atoms with van der Waals surface area (Å²) in [4.78, 5) is 0. The number of halogens is 1. The van der Waals surface area contributed by atoms with Crippen LogP contribution in [0.5, 0.6) is 0 Å². The van der Waals surface area contributed by atoms with E-state index in [9.17, 15) is 0 Å². The van der Waals surface area contributed by atoms with Gasteiger partial charge in [0.15, 0.2) is 0 Å². The average Bonchev–Trinajstić information content (AvgIpc) is 2.38. The molecule has 0 aliphatic heterocycles. The minimum absolute atomic E-state index is 0.145. The van der Waals surface area contributed by atoms with Crippen molar-refractivity contribution in [1.82, 2.24) is 0 Å². The Bertz CT molecular complexity index is 280. The highest BCUT2D eigenvalue weighted by Gasteiger charge is 2.10. The van der Waals surface area contributed by atoms with Crippen LogP contribution in [0.3, 0.4) is 0 Å². The third-order valence-electron chi connectivity index (χ3n) is 1.57. The fourth-order valence-electron chi connectivity index (χ4n) is 1.13. The molecule has 0 saturated heterocycles. The van der Waals surface area contributed by atoms with Crippen LogP contribution in [0.4, 0.5) is 0 Å². The second-order valence-corrected chi connectivity index (χ2v) is 4.23. The van der Waals surface area contributed by atoms with Gasteiger partial charge >= 0.3 is 0 Å². The van der Waals surface area contributed by atoms with E-state index in [0.29, 0.717) is 0 Å². The Kier molecular flexibility index (Phi) is 16.8. The summed E-state index contributed by atoms with van der Waals surface area (Å²) < 4.78 is 0. The third kappa shape index (κ3) is 14.7. The first kappa shape index (κ1) is 21.9. The molecule has 0 radical (unpaired) electrons. The Balaban J connectivity index is -0.000000328. The van der Waals surface area contributed by atoms with Crippen LogP contribution in [0.1, 0.15) is 19.4 Å². The molecular weight excluding hydrogens is 242 g/mol. The largest absolute Gasteiger partial charge is 0.325 e. The molecule has 0 aliphatic rings. The van der Waals surface area contributed by atoms with Gasteiger partial charge in [-0.2, -0.15) is 0 Å². The Morgan fingerprint density at radius 1 is 0.944 bits per heavy atom. The normalized spacial score (nSPS) is 8.44. The van der Waals surface area contributed by atoms with Gasteiger partial charge < -0.3 is 5.73 Å². The zero-order valence-electron chi connectivity index (χ0n) is 11.7. The van der Waals surface area contributed by atoms with Crippen LogP contribution < -0.4 is 5.73 Å². The number of benzene rings is 1. The lowest BCUT2D eigenvalue weighted by Crippen LogP contribution is -2.34. The first-order chi connectivity index (χ1) is 8.47. The van der Waals surface area contributed by atoms with Crippen molar-refractivity contribution >= 4 is 11.6 Å². The van der Waals surface area contributed by atoms with Crippen LogP contribution in [-0.4, -0.2) is 5.54 Å². The summed E-state index contributed by atoms with van der Waals surface area (Å²) >= 11 is 5.75. The molecule has 0 aromatic heterocycles. The predicted molar refractivity (Wildman–Crippen MR) is 87.2 cm³/mol. The Morgan fingerprint density at radius 3 is 1.56 bits per heavy atom. The van der Waals surface area contributed by atoms with E-state index in [1.165, 1.54) is 5.56 Å². The monoisotopic (exact) mass is 267 g/mol. The molecular formula is C16H26ClN. The summed E-state index contributed by atoms with van der Waals surface area (Å²) in [6.07, 6.45) is 0.879. The molecule has 0 unspecified atom stereocenters. The SMILES string of the molecule is C=C.C=C.C=C.CC(C)(N)Cc1ccc(Cl)cc1. The minimum Gasteiger partial charge on any atom is -0.325 e. The highest BCUT2D eigenvalue weighted by molar-refractivity contribution is 6.30. The average molecular weight is 268 g/mol. The molecule has 2 heteroatoms. The third-order valence-corrected chi connectivity index (χ3v) is 1.82. The summed E-state index contributed by atoms with van der Waals surface area (Å²) in [6.45, 7) is 22.0. The molecule has 0 bridgehead atoms. The number of nitrogens with two attached hydrogens (primary N) is 1. The van der Waals surface area contributed by atoms with Gasteiger partial charge in [0.25, 0.3) is 0 Å². The molecule has 0 spiro atoms. The fraction of sp³-hybridized carbons (Fsp3) is 0.250. The van der Waals surface area contributed by atoms with Gasteiger partial charge in [-0.1, -0.05) is 23.7 Å². The topological polar surface area (TPSA) is 26.0 Å². The second kappa shape index (κ2) is 13.8. The molecule has 0 aliphatic carbocycles. The van der Waals surface area contributed by atoms with Crippen molar-refractivity contribution in [3.05, 3.63) is 74.3 Å². The summed E-state index contributed by atoms with van der Waals surface area (Å²) in [5.41, 5.74) is 6.96. The molecule has 1 aromatic rings. The van der Waals surface area contributed by atoms with Crippen LogP contribution in [0.15, 0.2) is 63.7 Å². The van der Waals surface area contributed by atoms with E-state index in [4.69, 9.17) is 17.3 Å². The Morgan fingerprint density at radius 2 is 1.28 bits per heavy atom. The van der Waals surface area contributed by atoms with Crippen LogP contribution >= 0.6 is 11.6 Å². The highest BCUT2D eigenvalue weighted by atomic mass is 35.5. The van der Waals surface area contributed by atoms with Crippen molar-refractivity contribution in [3.8, 4) is 0 Å². The van der Waals surface area contributed by atoms with Crippen molar-refractivity contribution in [3.63, 3.8) is 0 Å². The molecule has 1 nitrogen and oxygen atoms in total. The maximum Gasteiger partial charge on any atom is 0.0406 e. The van der Waals surface area contributed by atoms with E-state index >= 15 is 0 Å². The van der Waals surface area contributed by atoms with Crippen molar-refractivity contribution in [2.45, 2.75) is 25.8 Å². The molecule has 0 atom stereocenters. The molecule has 0 amide bonds. The highest BCUT2D eigenvalue weighted by Crippen LogP contribution is 2.13. The van der Waals surface area contributed by atoms with Crippen LogP contribution in [0.25, 0.3) is 0 Å². The van der Waals surface area contributed by atoms with Crippen LogP contribution in [0, 0.1) is 0 Å². The summed E-state index contributed by atoms with van der Waals surface area (Å²) in [6, 6.07) is 7.80. The number of rotatable bonds is 2. The quantitative estimate of drug-likeness (QED) is 0.748. The van der Waals surface area contributed by atoms with Crippen molar-refractivity contribution in [2.24, 2.45) is 5.73 Å². The first-order valence-corrected chi connectivity index (χ1v) is 5.88. The van der Waals surface area contributed by atoms with E-state index in [-0.39, 0.29) is 5.54 Å². The van der Waals surface area contributed by atoms with Gasteiger partial charge in [-0.3, -0.25) is 0 Å². The number of hydrogen-bond acceptors (Lipinski definition) is 1. The zero-order valence-corrected chi connectivity index (χ0v) is 12.5. The lowest BCUT2D eigenvalue weighted by molar-refractivity contribution is 0.517. The molecule has 0 saturated carbocycles. The summed E-state index contributed by atoms with van der Waals surface area (Å²) in [5, 5.41) is 0.772. The van der Waals surface area contributed by atoms with Crippen LogP contribution in [-0.2, 0) is 6.42 Å². The van der Waals surface area contributed by atoms with E-state index < -0.39 is 0 Å². The maximum atomic E-state index is 5.87. The lowest BCUT2D eigenvalue weighted by Gasteiger charge is -2.18. The molecule has 102 valence electrons. The van der Waals surface area contributed by atoms with E-state index in [1.54, 1.807) is 0 Å². The Hall–Kier alpha value is -1.31. The van der Waals surface area contributed by atoms with E-state index in [1.807, 2.05) is 38.1 Å². The van der Waals surface area contributed by atoms with Gasteiger partial charge in [0.1, 0.15) is 0 Å². The Labute approximate surface area is 118 Å². The van der Waals surface area contributed by atoms with Gasteiger partial charge in [0, 0.05) is 10.6 Å². The molecule has 0 fully saturated rings. The number of hydrogen-bond donors (Lipinski definition) is 1. The van der Waals surface area contributed by atoms with E-state index in [0.717, 1.165) is 11.4 Å². The molecule has 18 heavy (non-hydrogen) atoms. The minimum atomic E-state index is -0.145. The van der Waals surface area contributed by atoms with Gasteiger partial charge in [0.05, 0.1) is 0 Å².